The lowest BCUT2D eigenvalue weighted by atomic mass is 10.1. The lowest BCUT2D eigenvalue weighted by Gasteiger charge is -2.09. The van der Waals surface area contributed by atoms with Crippen LogP contribution in [0, 0.1) is 11.6 Å². The Labute approximate surface area is 107 Å². The van der Waals surface area contributed by atoms with E-state index in [0.717, 1.165) is 6.20 Å². The van der Waals surface area contributed by atoms with E-state index in [1.807, 2.05) is 0 Å². The van der Waals surface area contributed by atoms with Crippen LogP contribution < -0.4 is 5.73 Å². The third-order valence-electron chi connectivity index (χ3n) is 2.94. The lowest BCUT2D eigenvalue weighted by molar-refractivity contribution is 0.508. The van der Waals surface area contributed by atoms with Crippen LogP contribution in [-0.2, 0) is 0 Å². The summed E-state index contributed by atoms with van der Waals surface area (Å²) in [5.41, 5.74) is 6.77. The third kappa shape index (κ3) is 2.08. The Kier molecular flexibility index (Phi) is 2.76. The van der Waals surface area contributed by atoms with Crippen LogP contribution in [0.15, 0.2) is 47.1 Å². The minimum Gasteiger partial charge on any atom is -0.459 e. The molecule has 19 heavy (non-hydrogen) atoms. The van der Waals surface area contributed by atoms with Crippen LogP contribution in [0.4, 0.5) is 8.78 Å². The highest BCUT2D eigenvalue weighted by atomic mass is 19.1. The predicted molar refractivity (Wildman–Crippen MR) is 66.4 cm³/mol. The fraction of sp³-hybridized carbons (Fsp3) is 0.0714. The topological polar surface area (TPSA) is 52.0 Å². The number of benzene rings is 1. The van der Waals surface area contributed by atoms with Crippen molar-refractivity contribution in [2.24, 2.45) is 5.73 Å². The van der Waals surface area contributed by atoms with E-state index >= 15 is 0 Å². The van der Waals surface area contributed by atoms with Crippen LogP contribution in [0.2, 0.25) is 0 Å². The first-order valence-corrected chi connectivity index (χ1v) is 5.69. The molecule has 0 aliphatic heterocycles. The van der Waals surface area contributed by atoms with Gasteiger partial charge in [0.25, 0.3) is 0 Å². The van der Waals surface area contributed by atoms with Gasteiger partial charge in [-0.3, -0.25) is 4.98 Å². The summed E-state index contributed by atoms with van der Waals surface area (Å²) in [6, 6.07) is 6.52. The summed E-state index contributed by atoms with van der Waals surface area (Å²) in [5, 5.41) is 0.597. The Bertz CT molecular complexity index is 739. The van der Waals surface area contributed by atoms with Gasteiger partial charge < -0.3 is 10.2 Å². The largest absolute Gasteiger partial charge is 0.459 e. The van der Waals surface area contributed by atoms with Gasteiger partial charge >= 0.3 is 0 Å². The van der Waals surface area contributed by atoms with Crippen molar-refractivity contribution < 1.29 is 13.2 Å². The van der Waals surface area contributed by atoms with Crippen molar-refractivity contribution in [3.05, 3.63) is 65.7 Å². The molecule has 0 bridgehead atoms. The van der Waals surface area contributed by atoms with Crippen molar-refractivity contribution >= 4 is 11.0 Å². The fourth-order valence-electron chi connectivity index (χ4n) is 1.98. The molecule has 0 saturated carbocycles. The van der Waals surface area contributed by atoms with E-state index in [4.69, 9.17) is 10.2 Å². The fourth-order valence-corrected chi connectivity index (χ4v) is 1.98. The molecule has 1 atom stereocenters. The van der Waals surface area contributed by atoms with E-state index in [-0.39, 0.29) is 11.4 Å². The summed E-state index contributed by atoms with van der Waals surface area (Å²) in [4.78, 5) is 3.66. The molecule has 1 unspecified atom stereocenters. The summed E-state index contributed by atoms with van der Waals surface area (Å²) >= 11 is 0. The van der Waals surface area contributed by atoms with Gasteiger partial charge in [0, 0.05) is 17.1 Å². The lowest BCUT2D eigenvalue weighted by Crippen LogP contribution is -2.12. The van der Waals surface area contributed by atoms with Gasteiger partial charge in [-0.1, -0.05) is 0 Å². The third-order valence-corrected chi connectivity index (χ3v) is 2.94. The molecule has 3 nitrogen and oxygen atoms in total. The van der Waals surface area contributed by atoms with Gasteiger partial charge in [0.1, 0.15) is 23.0 Å². The van der Waals surface area contributed by atoms with Crippen molar-refractivity contribution in [1.29, 1.82) is 0 Å². The maximum Gasteiger partial charge on any atom is 0.146 e. The number of rotatable bonds is 2. The zero-order valence-corrected chi connectivity index (χ0v) is 9.81. The molecule has 1 aromatic carbocycles. The summed E-state index contributed by atoms with van der Waals surface area (Å²) in [6.45, 7) is 0. The number of fused-ring (bicyclic) bond motifs is 1. The van der Waals surface area contributed by atoms with Crippen LogP contribution in [0.1, 0.15) is 17.4 Å². The molecule has 3 aromatic rings. The van der Waals surface area contributed by atoms with Crippen LogP contribution in [0.3, 0.4) is 0 Å². The van der Waals surface area contributed by atoms with E-state index in [0.29, 0.717) is 16.7 Å². The summed E-state index contributed by atoms with van der Waals surface area (Å²) in [5.74, 6) is -0.476. The average molecular weight is 260 g/mol. The standard InChI is InChI=1S/C14H10F2N2O/c15-9-1-2-12-8(5-9)6-13(19-12)14(17)10-3-4-18-7-11(10)16/h1-7,14H,17H2. The number of aromatic nitrogens is 1. The molecular weight excluding hydrogens is 250 g/mol. The number of hydrogen-bond donors (Lipinski definition) is 1. The number of nitrogens with two attached hydrogens (primary N) is 1. The number of hydrogen-bond acceptors (Lipinski definition) is 3. The molecule has 0 fully saturated rings. The van der Waals surface area contributed by atoms with E-state index in [1.165, 1.54) is 30.5 Å². The monoisotopic (exact) mass is 260 g/mol. The molecule has 0 radical (unpaired) electrons. The van der Waals surface area contributed by atoms with E-state index in [9.17, 15) is 8.78 Å². The molecule has 2 N–H and O–H groups in total. The molecule has 0 saturated heterocycles. The molecule has 0 amide bonds. The Balaban J connectivity index is 2.07. The Hall–Kier alpha value is -2.27. The molecule has 0 spiro atoms. The van der Waals surface area contributed by atoms with Crippen molar-refractivity contribution in [2.45, 2.75) is 6.04 Å². The average Bonchev–Trinajstić information content (AvgIpc) is 2.81. The molecule has 0 aliphatic carbocycles. The second-order valence-electron chi connectivity index (χ2n) is 4.21. The maximum absolute atomic E-state index is 13.6. The Morgan fingerprint density at radius 3 is 2.79 bits per heavy atom. The molecule has 0 aliphatic rings. The summed E-state index contributed by atoms with van der Waals surface area (Å²) in [6.07, 6.45) is 2.55. The highest BCUT2D eigenvalue weighted by Crippen LogP contribution is 2.28. The van der Waals surface area contributed by atoms with Gasteiger partial charge in [0.15, 0.2) is 0 Å². The molecule has 5 heteroatoms. The van der Waals surface area contributed by atoms with Crippen LogP contribution in [0.25, 0.3) is 11.0 Å². The highest BCUT2D eigenvalue weighted by Gasteiger charge is 2.17. The minimum atomic E-state index is -0.751. The molecule has 2 aromatic heterocycles. The first-order valence-electron chi connectivity index (χ1n) is 5.69. The quantitative estimate of drug-likeness (QED) is 0.770. The zero-order chi connectivity index (χ0) is 13.4. The Morgan fingerprint density at radius 2 is 2.00 bits per heavy atom. The maximum atomic E-state index is 13.6. The first kappa shape index (κ1) is 11.8. The Morgan fingerprint density at radius 1 is 1.16 bits per heavy atom. The van der Waals surface area contributed by atoms with Gasteiger partial charge in [-0.05, 0) is 30.3 Å². The van der Waals surface area contributed by atoms with E-state index < -0.39 is 11.9 Å². The van der Waals surface area contributed by atoms with Crippen LogP contribution >= 0.6 is 0 Å². The SMILES string of the molecule is NC(c1cc2cc(F)ccc2o1)c1ccncc1F. The van der Waals surface area contributed by atoms with Crippen molar-refractivity contribution in [3.63, 3.8) is 0 Å². The van der Waals surface area contributed by atoms with Gasteiger partial charge in [-0.2, -0.15) is 0 Å². The van der Waals surface area contributed by atoms with Gasteiger partial charge in [-0.15, -0.1) is 0 Å². The molecule has 3 rings (SSSR count). The second-order valence-corrected chi connectivity index (χ2v) is 4.21. The molecular formula is C14H10F2N2O. The zero-order valence-electron chi connectivity index (χ0n) is 9.81. The number of halogens is 2. The van der Waals surface area contributed by atoms with Crippen LogP contribution in [-0.4, -0.2) is 4.98 Å². The first-order chi connectivity index (χ1) is 9.15. The molecule has 2 heterocycles. The van der Waals surface area contributed by atoms with E-state index in [1.54, 1.807) is 6.07 Å². The predicted octanol–water partition coefficient (Wildman–Crippen LogP) is 3.15. The highest BCUT2D eigenvalue weighted by molar-refractivity contribution is 5.78. The van der Waals surface area contributed by atoms with Gasteiger partial charge in [0.2, 0.25) is 0 Å². The number of pyridine rings is 1. The normalized spacial score (nSPS) is 12.8. The summed E-state index contributed by atoms with van der Waals surface area (Å²) in [7, 11) is 0. The van der Waals surface area contributed by atoms with Gasteiger partial charge in [0.05, 0.1) is 12.2 Å². The minimum absolute atomic E-state index is 0.287. The number of nitrogens with zero attached hydrogens (tertiary/aromatic N) is 1. The smallest absolute Gasteiger partial charge is 0.146 e. The van der Waals surface area contributed by atoms with E-state index in [2.05, 4.69) is 4.98 Å². The van der Waals surface area contributed by atoms with Crippen molar-refractivity contribution in [2.75, 3.05) is 0 Å². The van der Waals surface area contributed by atoms with Crippen molar-refractivity contribution in [3.8, 4) is 0 Å². The van der Waals surface area contributed by atoms with Gasteiger partial charge in [-0.25, -0.2) is 8.78 Å². The molecule has 96 valence electrons. The number of furan rings is 1. The van der Waals surface area contributed by atoms with Crippen LogP contribution in [0.5, 0.6) is 0 Å². The van der Waals surface area contributed by atoms with Crippen molar-refractivity contribution in [1.82, 2.24) is 4.98 Å². The summed E-state index contributed by atoms with van der Waals surface area (Å²) < 4.78 is 32.2. The second kappa shape index (κ2) is 4.44.